The second kappa shape index (κ2) is 5.44. The van der Waals surface area contributed by atoms with Crippen molar-refractivity contribution in [2.45, 2.75) is 13.5 Å². The predicted octanol–water partition coefficient (Wildman–Crippen LogP) is 2.98. The molecule has 0 radical (unpaired) electrons. The van der Waals surface area contributed by atoms with Gasteiger partial charge in [-0.25, -0.2) is 4.79 Å². The molecule has 0 heterocycles. The van der Waals surface area contributed by atoms with Crippen LogP contribution in [-0.2, 0) is 6.61 Å². The Morgan fingerprint density at radius 1 is 1.21 bits per heavy atom. The Morgan fingerprint density at radius 2 is 1.95 bits per heavy atom. The van der Waals surface area contributed by atoms with E-state index < -0.39 is 5.97 Å². The zero-order chi connectivity index (χ0) is 13.8. The number of carbonyl (C=O) groups is 1. The molecule has 2 aromatic carbocycles. The molecule has 19 heavy (non-hydrogen) atoms. The molecule has 0 aromatic heterocycles. The van der Waals surface area contributed by atoms with Crippen LogP contribution in [0, 0.1) is 6.92 Å². The molecular weight excluding hydrogens is 244 g/mol. The van der Waals surface area contributed by atoms with Crippen molar-refractivity contribution in [2.75, 3.05) is 0 Å². The van der Waals surface area contributed by atoms with Gasteiger partial charge in [-0.1, -0.05) is 24.3 Å². The van der Waals surface area contributed by atoms with Gasteiger partial charge in [-0.3, -0.25) is 0 Å². The Balaban J connectivity index is 2.22. The maximum Gasteiger partial charge on any atom is 0.339 e. The number of para-hydroxylation sites is 1. The van der Waals surface area contributed by atoms with Crippen LogP contribution in [0.25, 0.3) is 0 Å². The minimum Gasteiger partial charge on any atom is -0.508 e. The number of phenols is 1. The van der Waals surface area contributed by atoms with E-state index >= 15 is 0 Å². The average Bonchev–Trinajstić information content (AvgIpc) is 2.37. The largest absolute Gasteiger partial charge is 0.508 e. The number of aromatic hydroxyl groups is 1. The smallest absolute Gasteiger partial charge is 0.339 e. The van der Waals surface area contributed by atoms with E-state index in [2.05, 4.69) is 0 Å². The Hall–Kier alpha value is -2.49. The van der Waals surface area contributed by atoms with Crippen LogP contribution in [0.5, 0.6) is 11.5 Å². The van der Waals surface area contributed by atoms with Crippen LogP contribution >= 0.6 is 0 Å². The number of hydrogen-bond acceptors (Lipinski definition) is 3. The van der Waals surface area contributed by atoms with Gasteiger partial charge in [0.05, 0.1) is 0 Å². The summed E-state index contributed by atoms with van der Waals surface area (Å²) in [7, 11) is 0. The third kappa shape index (κ3) is 3.04. The summed E-state index contributed by atoms with van der Waals surface area (Å²) in [6, 6.07) is 11.7. The second-order valence-corrected chi connectivity index (χ2v) is 4.22. The van der Waals surface area contributed by atoms with Crippen molar-refractivity contribution in [3.8, 4) is 11.5 Å². The van der Waals surface area contributed by atoms with Gasteiger partial charge in [0, 0.05) is 0 Å². The van der Waals surface area contributed by atoms with Crippen LogP contribution in [0.15, 0.2) is 42.5 Å². The van der Waals surface area contributed by atoms with Crippen molar-refractivity contribution < 1.29 is 19.7 Å². The van der Waals surface area contributed by atoms with Gasteiger partial charge >= 0.3 is 5.97 Å². The lowest BCUT2D eigenvalue weighted by Crippen LogP contribution is -2.04. The van der Waals surface area contributed by atoms with E-state index in [1.165, 1.54) is 6.07 Å². The van der Waals surface area contributed by atoms with Gasteiger partial charge in [0.25, 0.3) is 0 Å². The molecule has 0 unspecified atom stereocenters. The molecule has 2 N–H and O–H groups in total. The molecule has 98 valence electrons. The van der Waals surface area contributed by atoms with E-state index in [1.54, 1.807) is 43.3 Å². The topological polar surface area (TPSA) is 66.8 Å². The maximum atomic E-state index is 11.1. The Morgan fingerprint density at radius 3 is 2.63 bits per heavy atom. The summed E-state index contributed by atoms with van der Waals surface area (Å²) in [4.78, 5) is 11.1. The predicted molar refractivity (Wildman–Crippen MR) is 70.6 cm³/mol. The molecule has 0 amide bonds. The molecule has 0 saturated heterocycles. The minimum atomic E-state index is -1.02. The average molecular weight is 258 g/mol. The van der Waals surface area contributed by atoms with Gasteiger partial charge < -0.3 is 14.9 Å². The molecule has 0 spiro atoms. The highest BCUT2D eigenvalue weighted by Gasteiger charge is 2.13. The molecule has 0 fully saturated rings. The number of ether oxygens (including phenoxy) is 1. The van der Waals surface area contributed by atoms with Crippen LogP contribution in [0.2, 0.25) is 0 Å². The first-order chi connectivity index (χ1) is 9.08. The van der Waals surface area contributed by atoms with Crippen LogP contribution in [-0.4, -0.2) is 16.2 Å². The number of benzene rings is 2. The molecule has 0 atom stereocenters. The Kier molecular flexibility index (Phi) is 3.71. The van der Waals surface area contributed by atoms with E-state index in [-0.39, 0.29) is 17.9 Å². The normalized spacial score (nSPS) is 10.2. The monoisotopic (exact) mass is 258 g/mol. The van der Waals surface area contributed by atoms with Crippen LogP contribution in [0.3, 0.4) is 0 Å². The van der Waals surface area contributed by atoms with Crippen molar-refractivity contribution in [2.24, 2.45) is 0 Å². The van der Waals surface area contributed by atoms with Crippen molar-refractivity contribution >= 4 is 5.97 Å². The number of carboxylic acid groups (broad SMARTS) is 1. The molecule has 4 nitrogen and oxygen atoms in total. The molecule has 0 aliphatic heterocycles. The van der Waals surface area contributed by atoms with Gasteiger partial charge in [-0.05, 0) is 36.2 Å². The molecule has 4 heteroatoms. The summed E-state index contributed by atoms with van der Waals surface area (Å²) in [6.45, 7) is 2.00. The fourth-order valence-electron chi connectivity index (χ4n) is 1.81. The molecule has 2 aromatic rings. The van der Waals surface area contributed by atoms with Gasteiger partial charge in [0.15, 0.2) is 0 Å². The number of rotatable bonds is 4. The molecule has 0 saturated carbocycles. The fourth-order valence-corrected chi connectivity index (χ4v) is 1.81. The fraction of sp³-hybridized carbons (Fsp3) is 0.133. The Bertz CT molecular complexity index is 605. The van der Waals surface area contributed by atoms with Crippen LogP contribution in [0.4, 0.5) is 0 Å². The number of aromatic carboxylic acids is 1. The SMILES string of the molecule is Cc1cccc(C(=O)O)c1OCc1cccc(O)c1. The van der Waals surface area contributed by atoms with Crippen molar-refractivity contribution in [3.05, 3.63) is 59.2 Å². The van der Waals surface area contributed by atoms with Crippen LogP contribution in [0.1, 0.15) is 21.5 Å². The summed E-state index contributed by atoms with van der Waals surface area (Å²) in [5.74, 6) is -0.503. The van der Waals surface area contributed by atoms with E-state index in [4.69, 9.17) is 9.84 Å². The zero-order valence-corrected chi connectivity index (χ0v) is 10.5. The summed E-state index contributed by atoms with van der Waals surface area (Å²) in [5, 5.41) is 18.5. The maximum absolute atomic E-state index is 11.1. The third-order valence-electron chi connectivity index (χ3n) is 2.74. The highest BCUT2D eigenvalue weighted by molar-refractivity contribution is 5.91. The third-order valence-corrected chi connectivity index (χ3v) is 2.74. The van der Waals surface area contributed by atoms with Crippen molar-refractivity contribution in [1.82, 2.24) is 0 Å². The highest BCUT2D eigenvalue weighted by Crippen LogP contribution is 2.24. The van der Waals surface area contributed by atoms with E-state index in [0.29, 0.717) is 5.75 Å². The van der Waals surface area contributed by atoms with Gasteiger partial charge in [0.1, 0.15) is 23.7 Å². The van der Waals surface area contributed by atoms with Crippen molar-refractivity contribution in [3.63, 3.8) is 0 Å². The van der Waals surface area contributed by atoms with Gasteiger partial charge in [-0.15, -0.1) is 0 Å². The number of hydrogen-bond donors (Lipinski definition) is 2. The van der Waals surface area contributed by atoms with Crippen LogP contribution < -0.4 is 4.74 Å². The lowest BCUT2D eigenvalue weighted by atomic mass is 10.1. The first-order valence-corrected chi connectivity index (χ1v) is 5.81. The van der Waals surface area contributed by atoms with E-state index in [1.807, 2.05) is 0 Å². The zero-order valence-electron chi connectivity index (χ0n) is 10.5. The summed E-state index contributed by atoms with van der Waals surface area (Å²) >= 11 is 0. The quantitative estimate of drug-likeness (QED) is 0.884. The van der Waals surface area contributed by atoms with E-state index in [0.717, 1.165) is 11.1 Å². The molecule has 0 aliphatic carbocycles. The molecule has 2 rings (SSSR count). The lowest BCUT2D eigenvalue weighted by Gasteiger charge is -2.12. The summed E-state index contributed by atoms with van der Waals surface area (Å²) < 4.78 is 5.58. The summed E-state index contributed by atoms with van der Waals surface area (Å²) in [5.41, 5.74) is 1.68. The van der Waals surface area contributed by atoms with Gasteiger partial charge in [-0.2, -0.15) is 0 Å². The minimum absolute atomic E-state index is 0.139. The van der Waals surface area contributed by atoms with Crippen molar-refractivity contribution in [1.29, 1.82) is 0 Å². The lowest BCUT2D eigenvalue weighted by molar-refractivity contribution is 0.0691. The first-order valence-electron chi connectivity index (χ1n) is 5.81. The second-order valence-electron chi connectivity index (χ2n) is 4.22. The standard InChI is InChI=1S/C15H14O4/c1-10-4-2-7-13(15(17)18)14(10)19-9-11-5-3-6-12(16)8-11/h2-8,16H,9H2,1H3,(H,17,18). The van der Waals surface area contributed by atoms with E-state index in [9.17, 15) is 9.90 Å². The number of phenolic OH excluding ortho intramolecular Hbond substituents is 1. The highest BCUT2D eigenvalue weighted by atomic mass is 16.5. The Labute approximate surface area is 110 Å². The number of carboxylic acids is 1. The summed E-state index contributed by atoms with van der Waals surface area (Å²) in [6.07, 6.45) is 0. The number of aryl methyl sites for hydroxylation is 1. The first kappa shape index (κ1) is 13.0. The molecule has 0 aliphatic rings. The molecular formula is C15H14O4. The molecule has 0 bridgehead atoms. The van der Waals surface area contributed by atoms with Gasteiger partial charge in [0.2, 0.25) is 0 Å².